The van der Waals surface area contributed by atoms with Crippen molar-refractivity contribution in [2.45, 2.75) is 13.8 Å². The summed E-state index contributed by atoms with van der Waals surface area (Å²) in [6.07, 6.45) is 3.27. The van der Waals surface area contributed by atoms with Gasteiger partial charge in [-0.25, -0.2) is 4.98 Å². The molecule has 16 heavy (non-hydrogen) atoms. The molecule has 1 N–H and O–H groups in total. The first-order valence-electron chi connectivity index (χ1n) is 4.73. The van der Waals surface area contributed by atoms with Crippen LogP contribution in [-0.4, -0.2) is 17.4 Å². The summed E-state index contributed by atoms with van der Waals surface area (Å²) in [6.45, 7) is 4.39. The minimum atomic E-state index is -0.258. The van der Waals surface area contributed by atoms with Gasteiger partial charge in [-0.2, -0.15) is 0 Å². The van der Waals surface area contributed by atoms with Crippen LogP contribution in [0.4, 0.5) is 0 Å². The first kappa shape index (κ1) is 13.0. The number of allylic oxidation sites excluding steroid dienone is 1. The van der Waals surface area contributed by atoms with Crippen molar-refractivity contribution in [3.63, 3.8) is 0 Å². The quantitative estimate of drug-likeness (QED) is 0.669. The van der Waals surface area contributed by atoms with Gasteiger partial charge in [0.2, 0.25) is 0 Å². The van der Waals surface area contributed by atoms with E-state index in [0.29, 0.717) is 17.1 Å². The van der Waals surface area contributed by atoms with E-state index in [0.717, 1.165) is 5.57 Å². The second kappa shape index (κ2) is 5.87. The van der Waals surface area contributed by atoms with Crippen molar-refractivity contribution in [2.75, 3.05) is 6.54 Å². The lowest BCUT2D eigenvalue weighted by Gasteiger charge is -2.04. The zero-order valence-corrected chi connectivity index (χ0v) is 10.6. The Hall–Kier alpha value is -1.06. The van der Waals surface area contributed by atoms with Crippen molar-refractivity contribution >= 4 is 29.1 Å². The molecule has 1 rings (SSSR count). The van der Waals surface area contributed by atoms with Gasteiger partial charge in [0.15, 0.2) is 0 Å². The third-order valence-electron chi connectivity index (χ3n) is 1.84. The summed E-state index contributed by atoms with van der Waals surface area (Å²) in [6, 6.07) is 1.45. The van der Waals surface area contributed by atoms with Gasteiger partial charge < -0.3 is 5.32 Å². The number of hydrogen-bond acceptors (Lipinski definition) is 2. The highest BCUT2D eigenvalue weighted by molar-refractivity contribution is 6.35. The van der Waals surface area contributed by atoms with Gasteiger partial charge in [-0.1, -0.05) is 34.9 Å². The third kappa shape index (κ3) is 3.83. The average molecular weight is 259 g/mol. The van der Waals surface area contributed by atoms with E-state index in [9.17, 15) is 4.79 Å². The zero-order chi connectivity index (χ0) is 12.1. The third-order valence-corrected chi connectivity index (χ3v) is 2.35. The maximum absolute atomic E-state index is 11.7. The van der Waals surface area contributed by atoms with Gasteiger partial charge in [0.25, 0.3) is 5.91 Å². The minimum Gasteiger partial charge on any atom is -0.349 e. The number of hydrogen-bond donors (Lipinski definition) is 1. The van der Waals surface area contributed by atoms with Crippen molar-refractivity contribution in [3.05, 3.63) is 39.7 Å². The van der Waals surface area contributed by atoms with Gasteiger partial charge in [0, 0.05) is 12.7 Å². The molecule has 0 aliphatic rings. The summed E-state index contributed by atoms with van der Waals surface area (Å²) < 4.78 is 0. The topological polar surface area (TPSA) is 42.0 Å². The van der Waals surface area contributed by atoms with Crippen LogP contribution in [0, 0.1) is 0 Å². The fourth-order valence-electron chi connectivity index (χ4n) is 1.03. The lowest BCUT2D eigenvalue weighted by Crippen LogP contribution is -2.23. The van der Waals surface area contributed by atoms with Crippen molar-refractivity contribution in [1.82, 2.24) is 10.3 Å². The molecule has 5 heteroatoms. The van der Waals surface area contributed by atoms with E-state index in [4.69, 9.17) is 23.2 Å². The van der Waals surface area contributed by atoms with E-state index < -0.39 is 0 Å². The predicted octanol–water partition coefficient (Wildman–Crippen LogP) is 3.08. The molecule has 0 radical (unpaired) electrons. The first-order valence-corrected chi connectivity index (χ1v) is 5.49. The van der Waals surface area contributed by atoms with Gasteiger partial charge in [-0.15, -0.1) is 0 Å². The van der Waals surface area contributed by atoms with Crippen LogP contribution in [-0.2, 0) is 0 Å². The Balaban J connectivity index is 2.73. The van der Waals surface area contributed by atoms with Crippen LogP contribution in [0.15, 0.2) is 23.9 Å². The molecule has 0 aliphatic carbocycles. The molecule has 1 amide bonds. The smallest absolute Gasteiger partial charge is 0.253 e. The monoisotopic (exact) mass is 258 g/mol. The fourth-order valence-corrected chi connectivity index (χ4v) is 1.38. The summed E-state index contributed by atoms with van der Waals surface area (Å²) in [5, 5.41) is 3.25. The van der Waals surface area contributed by atoms with Crippen LogP contribution in [0.1, 0.15) is 24.2 Å². The highest BCUT2D eigenvalue weighted by atomic mass is 35.5. The summed E-state index contributed by atoms with van der Waals surface area (Å²) in [4.78, 5) is 15.5. The number of nitrogens with zero attached hydrogens (tertiary/aromatic N) is 1. The highest BCUT2D eigenvalue weighted by Crippen LogP contribution is 2.17. The molecule has 3 nitrogen and oxygen atoms in total. The van der Waals surface area contributed by atoms with Crippen LogP contribution < -0.4 is 5.32 Å². The first-order chi connectivity index (χ1) is 7.50. The molecule has 0 spiro atoms. The van der Waals surface area contributed by atoms with Gasteiger partial charge in [-0.05, 0) is 19.9 Å². The van der Waals surface area contributed by atoms with Crippen molar-refractivity contribution in [3.8, 4) is 0 Å². The molecule has 0 bridgehead atoms. The summed E-state index contributed by atoms with van der Waals surface area (Å²) >= 11 is 11.5. The lowest BCUT2D eigenvalue weighted by molar-refractivity contribution is 0.0958. The maximum Gasteiger partial charge on any atom is 0.253 e. The largest absolute Gasteiger partial charge is 0.349 e. The molecule has 0 aromatic carbocycles. The normalized spacial score (nSPS) is 9.75. The SMILES string of the molecule is CC(C)=CCNC(=O)c1cc(Cl)ncc1Cl. The standard InChI is InChI=1S/C11H12Cl2N2O/c1-7(2)3-4-14-11(16)8-5-10(13)15-6-9(8)12/h3,5-6H,4H2,1-2H3,(H,14,16). The molecular formula is C11H12Cl2N2O. The van der Waals surface area contributed by atoms with E-state index in [1.807, 2.05) is 19.9 Å². The van der Waals surface area contributed by atoms with Crippen molar-refractivity contribution in [1.29, 1.82) is 0 Å². The summed E-state index contributed by atoms with van der Waals surface area (Å²) in [5.74, 6) is -0.258. The van der Waals surface area contributed by atoms with Gasteiger partial charge in [0.05, 0.1) is 10.6 Å². The lowest BCUT2D eigenvalue weighted by atomic mass is 10.2. The molecule has 86 valence electrons. The van der Waals surface area contributed by atoms with Crippen LogP contribution in [0.3, 0.4) is 0 Å². The van der Waals surface area contributed by atoms with Gasteiger partial charge >= 0.3 is 0 Å². The van der Waals surface area contributed by atoms with E-state index >= 15 is 0 Å². The molecular weight excluding hydrogens is 247 g/mol. The summed E-state index contributed by atoms with van der Waals surface area (Å²) in [7, 11) is 0. The Bertz CT molecular complexity index is 426. The molecule has 0 fully saturated rings. The Labute approximate surface area is 104 Å². The van der Waals surface area contributed by atoms with Gasteiger partial charge in [0.1, 0.15) is 5.15 Å². The number of rotatable bonds is 3. The molecule has 0 atom stereocenters. The Morgan fingerprint density at radius 2 is 2.19 bits per heavy atom. The maximum atomic E-state index is 11.7. The Morgan fingerprint density at radius 1 is 1.50 bits per heavy atom. The second-order valence-corrected chi connectivity index (χ2v) is 4.27. The van der Waals surface area contributed by atoms with Crippen molar-refractivity contribution in [2.24, 2.45) is 0 Å². The number of amides is 1. The molecule has 1 aromatic rings. The number of pyridine rings is 1. The van der Waals surface area contributed by atoms with Crippen LogP contribution >= 0.6 is 23.2 Å². The van der Waals surface area contributed by atoms with E-state index in [2.05, 4.69) is 10.3 Å². The van der Waals surface area contributed by atoms with Crippen molar-refractivity contribution < 1.29 is 4.79 Å². The van der Waals surface area contributed by atoms with E-state index in [1.165, 1.54) is 12.3 Å². The Kier molecular flexibility index (Phi) is 4.77. The van der Waals surface area contributed by atoms with Gasteiger partial charge in [-0.3, -0.25) is 4.79 Å². The molecule has 0 unspecified atom stereocenters. The number of carbonyl (C=O) groups is 1. The number of nitrogens with one attached hydrogen (secondary N) is 1. The van der Waals surface area contributed by atoms with E-state index in [1.54, 1.807) is 0 Å². The number of halogens is 2. The predicted molar refractivity (Wildman–Crippen MR) is 66.0 cm³/mol. The van der Waals surface area contributed by atoms with Crippen LogP contribution in [0.25, 0.3) is 0 Å². The molecule has 0 saturated carbocycles. The highest BCUT2D eigenvalue weighted by Gasteiger charge is 2.10. The molecule has 1 aromatic heterocycles. The molecule has 0 saturated heterocycles. The fraction of sp³-hybridized carbons (Fsp3) is 0.273. The van der Waals surface area contributed by atoms with Crippen LogP contribution in [0.5, 0.6) is 0 Å². The number of carbonyl (C=O) groups excluding carboxylic acids is 1. The van der Waals surface area contributed by atoms with Crippen LogP contribution in [0.2, 0.25) is 10.2 Å². The molecule has 0 aliphatic heterocycles. The minimum absolute atomic E-state index is 0.247. The average Bonchev–Trinajstić information content (AvgIpc) is 2.21. The Morgan fingerprint density at radius 3 is 2.81 bits per heavy atom. The molecule has 1 heterocycles. The second-order valence-electron chi connectivity index (χ2n) is 3.48. The zero-order valence-electron chi connectivity index (χ0n) is 9.05. The summed E-state index contributed by atoms with van der Waals surface area (Å²) in [5.41, 5.74) is 1.47. The number of aromatic nitrogens is 1. The van der Waals surface area contributed by atoms with E-state index in [-0.39, 0.29) is 11.1 Å².